The fourth-order valence-corrected chi connectivity index (χ4v) is 4.24. The number of amides is 1. The molecule has 1 aliphatic carbocycles. The minimum absolute atomic E-state index is 0.336. The van der Waals surface area contributed by atoms with E-state index in [1.165, 1.54) is 38.5 Å². The molecule has 1 heterocycles. The molecule has 0 unspecified atom stereocenters. The summed E-state index contributed by atoms with van der Waals surface area (Å²) in [5.74, 6) is 1.86. The minimum atomic E-state index is 0.336. The molecule has 0 bridgehead atoms. The Kier molecular flexibility index (Phi) is 6.02. The predicted molar refractivity (Wildman–Crippen MR) is 82.5 cm³/mol. The first-order chi connectivity index (χ1) is 9.16. The largest absolute Gasteiger partial charge is 0.342 e. The summed E-state index contributed by atoms with van der Waals surface area (Å²) in [6.45, 7) is 4.55. The van der Waals surface area contributed by atoms with Crippen molar-refractivity contribution in [3.63, 3.8) is 0 Å². The van der Waals surface area contributed by atoms with Gasteiger partial charge in [-0.25, -0.2) is 0 Å². The third-order valence-corrected chi connectivity index (χ3v) is 6.01. The van der Waals surface area contributed by atoms with Crippen LogP contribution in [0.1, 0.15) is 45.4 Å². The Morgan fingerprint density at radius 2 is 1.79 bits per heavy atom. The van der Waals surface area contributed by atoms with E-state index in [1.54, 1.807) is 0 Å². The molecule has 1 amide bonds. The number of hydrogen-bond donors (Lipinski definition) is 1. The van der Waals surface area contributed by atoms with E-state index >= 15 is 0 Å². The van der Waals surface area contributed by atoms with E-state index < -0.39 is 0 Å². The van der Waals surface area contributed by atoms with Gasteiger partial charge in [0.05, 0.1) is 5.75 Å². The summed E-state index contributed by atoms with van der Waals surface area (Å²) in [6, 6.07) is 0.498. The monoisotopic (exact) mass is 284 g/mol. The molecule has 2 rings (SSSR count). The molecule has 1 aliphatic heterocycles. The fraction of sp³-hybridized carbons (Fsp3) is 0.933. The fourth-order valence-electron chi connectivity index (χ4n) is 3.09. The maximum atomic E-state index is 12.3. The van der Waals surface area contributed by atoms with Gasteiger partial charge in [-0.1, -0.05) is 6.92 Å². The van der Waals surface area contributed by atoms with Gasteiger partial charge in [0.25, 0.3) is 0 Å². The van der Waals surface area contributed by atoms with Crippen LogP contribution in [0.15, 0.2) is 0 Å². The highest BCUT2D eigenvalue weighted by Crippen LogP contribution is 2.27. The summed E-state index contributed by atoms with van der Waals surface area (Å²) >= 11 is 1.87. The molecule has 19 heavy (non-hydrogen) atoms. The van der Waals surface area contributed by atoms with Crippen LogP contribution in [0.2, 0.25) is 0 Å². The molecular formula is C15H28N2OS. The maximum Gasteiger partial charge on any atom is 0.232 e. The lowest BCUT2D eigenvalue weighted by Gasteiger charge is -2.34. The van der Waals surface area contributed by atoms with Crippen molar-refractivity contribution in [2.75, 3.05) is 25.9 Å². The van der Waals surface area contributed by atoms with Gasteiger partial charge in [0.1, 0.15) is 0 Å². The molecule has 1 saturated heterocycles. The predicted octanol–water partition coefficient (Wildman–Crippen LogP) is 2.51. The van der Waals surface area contributed by atoms with Crippen LogP contribution in [0, 0.1) is 5.92 Å². The van der Waals surface area contributed by atoms with Crippen molar-refractivity contribution >= 4 is 17.7 Å². The van der Waals surface area contributed by atoms with E-state index in [9.17, 15) is 4.79 Å². The maximum absolute atomic E-state index is 12.3. The summed E-state index contributed by atoms with van der Waals surface area (Å²) in [5.41, 5.74) is 0. The van der Waals surface area contributed by atoms with Crippen LogP contribution < -0.4 is 5.32 Å². The van der Waals surface area contributed by atoms with Crippen LogP contribution in [0.25, 0.3) is 0 Å². The van der Waals surface area contributed by atoms with E-state index in [0.29, 0.717) is 23.0 Å². The first-order valence-corrected chi connectivity index (χ1v) is 8.79. The lowest BCUT2D eigenvalue weighted by atomic mass is 9.87. The normalized spacial score (nSPS) is 29.2. The van der Waals surface area contributed by atoms with Crippen molar-refractivity contribution in [3.8, 4) is 0 Å². The molecule has 3 nitrogen and oxygen atoms in total. The number of hydrogen-bond acceptors (Lipinski definition) is 3. The van der Waals surface area contributed by atoms with Gasteiger partial charge in [-0.05, 0) is 57.5 Å². The SMILES string of the molecule is CC1CCC(N(C)C(=O)CSC2CCNCC2)CC1. The summed E-state index contributed by atoms with van der Waals surface area (Å²) < 4.78 is 0. The second-order valence-corrected chi connectivity index (χ2v) is 7.47. The Morgan fingerprint density at radius 1 is 1.16 bits per heavy atom. The number of carbonyl (C=O) groups excluding carboxylic acids is 1. The molecule has 4 heteroatoms. The third kappa shape index (κ3) is 4.67. The summed E-state index contributed by atoms with van der Waals surface area (Å²) in [5, 5.41) is 4.06. The Labute approximate surface area is 121 Å². The number of piperidine rings is 1. The van der Waals surface area contributed by atoms with Crippen molar-refractivity contribution in [2.45, 2.75) is 56.7 Å². The zero-order valence-electron chi connectivity index (χ0n) is 12.4. The number of thioether (sulfide) groups is 1. The molecule has 1 N–H and O–H groups in total. The Bertz CT molecular complexity index is 284. The van der Waals surface area contributed by atoms with Crippen molar-refractivity contribution in [3.05, 3.63) is 0 Å². The van der Waals surface area contributed by atoms with E-state index in [0.717, 1.165) is 19.0 Å². The Morgan fingerprint density at radius 3 is 2.42 bits per heavy atom. The molecule has 2 fully saturated rings. The third-order valence-electron chi connectivity index (χ3n) is 4.66. The topological polar surface area (TPSA) is 32.3 Å². The first kappa shape index (κ1) is 15.2. The van der Waals surface area contributed by atoms with Crippen molar-refractivity contribution in [1.29, 1.82) is 0 Å². The number of carbonyl (C=O) groups is 1. The molecule has 0 spiro atoms. The Balaban J connectivity index is 1.69. The van der Waals surface area contributed by atoms with E-state index in [1.807, 2.05) is 23.7 Å². The number of nitrogens with one attached hydrogen (secondary N) is 1. The molecule has 1 saturated carbocycles. The van der Waals surface area contributed by atoms with E-state index in [4.69, 9.17) is 0 Å². The van der Waals surface area contributed by atoms with Crippen LogP contribution in [-0.4, -0.2) is 48.0 Å². The lowest BCUT2D eigenvalue weighted by Crippen LogP contribution is -2.40. The highest BCUT2D eigenvalue weighted by Gasteiger charge is 2.25. The summed E-state index contributed by atoms with van der Waals surface area (Å²) in [7, 11) is 2.01. The lowest BCUT2D eigenvalue weighted by molar-refractivity contribution is -0.129. The summed E-state index contributed by atoms with van der Waals surface area (Å²) in [4.78, 5) is 14.3. The van der Waals surface area contributed by atoms with E-state index in [2.05, 4.69) is 12.2 Å². The molecule has 0 radical (unpaired) electrons. The quantitative estimate of drug-likeness (QED) is 0.861. The second kappa shape index (κ2) is 7.53. The molecule has 2 aliphatic rings. The van der Waals surface area contributed by atoms with Gasteiger partial charge in [-0.2, -0.15) is 0 Å². The molecule has 0 aromatic rings. The number of nitrogens with zero attached hydrogens (tertiary/aromatic N) is 1. The van der Waals surface area contributed by atoms with Gasteiger partial charge < -0.3 is 10.2 Å². The molecular weight excluding hydrogens is 256 g/mol. The van der Waals surface area contributed by atoms with Crippen molar-refractivity contribution in [2.24, 2.45) is 5.92 Å². The van der Waals surface area contributed by atoms with Gasteiger partial charge >= 0.3 is 0 Å². The molecule has 110 valence electrons. The highest BCUT2D eigenvalue weighted by molar-refractivity contribution is 8.00. The zero-order valence-corrected chi connectivity index (χ0v) is 13.2. The molecule has 0 aromatic heterocycles. The van der Waals surface area contributed by atoms with Gasteiger partial charge in [0.15, 0.2) is 0 Å². The molecule has 0 aromatic carbocycles. The van der Waals surface area contributed by atoms with Crippen LogP contribution in [0.4, 0.5) is 0 Å². The zero-order chi connectivity index (χ0) is 13.7. The standard InChI is InChI=1S/C15H28N2OS/c1-12-3-5-13(6-4-12)17(2)15(18)11-19-14-7-9-16-10-8-14/h12-14,16H,3-11H2,1-2H3. The van der Waals surface area contributed by atoms with E-state index in [-0.39, 0.29) is 0 Å². The summed E-state index contributed by atoms with van der Waals surface area (Å²) in [6.07, 6.45) is 7.38. The van der Waals surface area contributed by atoms with Gasteiger partial charge in [-0.3, -0.25) is 4.79 Å². The van der Waals surface area contributed by atoms with Crippen molar-refractivity contribution in [1.82, 2.24) is 10.2 Å². The minimum Gasteiger partial charge on any atom is -0.342 e. The van der Waals surface area contributed by atoms with Gasteiger partial charge in [-0.15, -0.1) is 11.8 Å². The Hall–Kier alpha value is -0.220. The second-order valence-electron chi connectivity index (χ2n) is 6.18. The van der Waals surface area contributed by atoms with Crippen LogP contribution in [-0.2, 0) is 4.79 Å². The first-order valence-electron chi connectivity index (χ1n) is 7.75. The van der Waals surface area contributed by atoms with Gasteiger partial charge in [0.2, 0.25) is 5.91 Å². The van der Waals surface area contributed by atoms with Crippen LogP contribution >= 0.6 is 11.8 Å². The van der Waals surface area contributed by atoms with Crippen LogP contribution in [0.5, 0.6) is 0 Å². The van der Waals surface area contributed by atoms with Gasteiger partial charge in [0, 0.05) is 18.3 Å². The van der Waals surface area contributed by atoms with Crippen LogP contribution in [0.3, 0.4) is 0 Å². The smallest absolute Gasteiger partial charge is 0.232 e. The van der Waals surface area contributed by atoms with Crippen molar-refractivity contribution < 1.29 is 4.79 Å². The average molecular weight is 284 g/mol. The number of rotatable bonds is 4. The molecule has 0 atom stereocenters. The average Bonchev–Trinajstić information content (AvgIpc) is 2.46. The highest BCUT2D eigenvalue weighted by atomic mass is 32.2.